The molecule has 1 saturated heterocycles. The number of carbonyl (C=O) groups is 1. The second kappa shape index (κ2) is 17.6. The highest BCUT2D eigenvalue weighted by Crippen LogP contribution is 2.14. The Morgan fingerprint density at radius 3 is 1.58 bits per heavy atom. The Labute approximate surface area is 205 Å². The van der Waals surface area contributed by atoms with E-state index in [-0.39, 0.29) is 0 Å². The molecule has 1 rings (SSSR count). The molecular formula is C30H50N2O. The molecule has 0 aromatic rings. The molecule has 0 N–H and O–H groups in total. The van der Waals surface area contributed by atoms with Crippen molar-refractivity contribution in [3.05, 3.63) is 58.7 Å². The van der Waals surface area contributed by atoms with Crippen LogP contribution in [-0.2, 0) is 4.79 Å². The zero-order valence-corrected chi connectivity index (χ0v) is 22.5. The number of allylic oxidation sites excluding steroid dienone is 9. The van der Waals surface area contributed by atoms with Crippen molar-refractivity contribution in [2.45, 2.75) is 92.9 Å². The summed E-state index contributed by atoms with van der Waals surface area (Å²) in [4.78, 5) is 16.9. The monoisotopic (exact) mass is 454 g/mol. The largest absolute Gasteiger partial charge is 0.340 e. The maximum Gasteiger partial charge on any atom is 0.222 e. The van der Waals surface area contributed by atoms with E-state index in [1.807, 2.05) is 4.90 Å². The molecule has 186 valence electrons. The fourth-order valence-electron chi connectivity index (χ4n) is 4.02. The van der Waals surface area contributed by atoms with E-state index in [4.69, 9.17) is 0 Å². The third-order valence-electron chi connectivity index (χ3n) is 6.33. The molecule has 0 spiro atoms. The summed E-state index contributed by atoms with van der Waals surface area (Å²) in [6.45, 7) is 17.8. The van der Waals surface area contributed by atoms with Gasteiger partial charge in [-0.1, -0.05) is 58.7 Å². The second-order valence-electron chi connectivity index (χ2n) is 9.84. The van der Waals surface area contributed by atoms with Crippen LogP contribution in [0.2, 0.25) is 0 Å². The number of rotatable bonds is 14. The van der Waals surface area contributed by atoms with Crippen molar-refractivity contribution < 1.29 is 4.79 Å². The van der Waals surface area contributed by atoms with Crippen LogP contribution in [0.15, 0.2) is 58.7 Å². The third-order valence-corrected chi connectivity index (χ3v) is 6.33. The fourth-order valence-corrected chi connectivity index (χ4v) is 4.02. The van der Waals surface area contributed by atoms with Crippen LogP contribution in [0.25, 0.3) is 0 Å². The Hall–Kier alpha value is -1.87. The molecule has 1 aliphatic heterocycles. The standard InChI is InChI=1S/C30H50N2O/c1-7-8-21-31-22-24-32(25-23-31)30(33)20-12-19-29(6)18-11-17-28(5)16-10-15-27(4)14-9-13-26(2)3/h7-8,13,15,17,19H,9-12,14,16,18,20-25H2,1-6H3/b8-7?,27-15+,28-17+,29-19+. The van der Waals surface area contributed by atoms with E-state index in [1.165, 1.54) is 28.7 Å². The molecule has 0 atom stereocenters. The maximum atomic E-state index is 12.5. The molecule has 0 unspecified atom stereocenters. The van der Waals surface area contributed by atoms with Crippen molar-refractivity contribution in [3.8, 4) is 0 Å². The highest BCUT2D eigenvalue weighted by atomic mass is 16.2. The van der Waals surface area contributed by atoms with Crippen molar-refractivity contribution in [1.29, 1.82) is 0 Å². The van der Waals surface area contributed by atoms with Crippen molar-refractivity contribution in [1.82, 2.24) is 9.80 Å². The van der Waals surface area contributed by atoms with Gasteiger partial charge in [0.05, 0.1) is 0 Å². The minimum atomic E-state index is 0.310. The van der Waals surface area contributed by atoms with E-state index >= 15 is 0 Å². The van der Waals surface area contributed by atoms with Crippen molar-refractivity contribution >= 4 is 5.91 Å². The summed E-state index contributed by atoms with van der Waals surface area (Å²) in [6.07, 6.45) is 22.0. The molecule has 3 nitrogen and oxygen atoms in total. The normalized spacial score (nSPS) is 16.5. The summed E-state index contributed by atoms with van der Waals surface area (Å²) in [5.41, 5.74) is 5.80. The number of nitrogens with zero attached hydrogens (tertiary/aromatic N) is 2. The van der Waals surface area contributed by atoms with E-state index in [1.54, 1.807) is 0 Å². The average molecular weight is 455 g/mol. The topological polar surface area (TPSA) is 23.6 Å². The van der Waals surface area contributed by atoms with Crippen LogP contribution < -0.4 is 0 Å². The van der Waals surface area contributed by atoms with E-state index < -0.39 is 0 Å². The molecule has 0 aliphatic carbocycles. The van der Waals surface area contributed by atoms with Gasteiger partial charge in [0.15, 0.2) is 0 Å². The Kier molecular flexibility index (Phi) is 15.5. The lowest BCUT2D eigenvalue weighted by molar-refractivity contribution is -0.132. The van der Waals surface area contributed by atoms with Gasteiger partial charge < -0.3 is 4.90 Å². The Balaban J connectivity index is 2.21. The zero-order chi connectivity index (χ0) is 24.5. The predicted molar refractivity (Wildman–Crippen MR) is 145 cm³/mol. The van der Waals surface area contributed by atoms with Gasteiger partial charge in [0.1, 0.15) is 0 Å². The molecule has 1 aliphatic rings. The molecule has 3 heteroatoms. The zero-order valence-electron chi connectivity index (χ0n) is 22.5. The van der Waals surface area contributed by atoms with Gasteiger partial charge in [0, 0.05) is 39.1 Å². The van der Waals surface area contributed by atoms with E-state index in [2.05, 4.69) is 82.9 Å². The van der Waals surface area contributed by atoms with Gasteiger partial charge in [-0.2, -0.15) is 0 Å². The molecule has 1 amide bonds. The lowest BCUT2D eigenvalue weighted by Crippen LogP contribution is -2.48. The van der Waals surface area contributed by atoms with Gasteiger partial charge in [-0.05, 0) is 86.5 Å². The summed E-state index contributed by atoms with van der Waals surface area (Å²) >= 11 is 0. The van der Waals surface area contributed by atoms with Crippen LogP contribution in [0.3, 0.4) is 0 Å². The summed E-state index contributed by atoms with van der Waals surface area (Å²) in [5.74, 6) is 0.310. The molecule has 0 saturated carbocycles. The molecule has 0 radical (unpaired) electrons. The first-order valence-electron chi connectivity index (χ1n) is 13.0. The van der Waals surface area contributed by atoms with Gasteiger partial charge in [0.25, 0.3) is 0 Å². The number of amides is 1. The minimum Gasteiger partial charge on any atom is -0.340 e. The van der Waals surface area contributed by atoms with Gasteiger partial charge in [0.2, 0.25) is 5.91 Å². The van der Waals surface area contributed by atoms with Crippen LogP contribution in [0, 0.1) is 0 Å². The van der Waals surface area contributed by atoms with Crippen LogP contribution in [0.1, 0.15) is 92.9 Å². The first-order valence-corrected chi connectivity index (χ1v) is 13.0. The van der Waals surface area contributed by atoms with E-state index in [0.29, 0.717) is 12.3 Å². The molecule has 0 bridgehead atoms. The number of hydrogen-bond acceptors (Lipinski definition) is 2. The van der Waals surface area contributed by atoms with E-state index in [0.717, 1.165) is 71.2 Å². The SMILES string of the molecule is CC=CCN1CCN(C(=O)CC/C=C(\C)CC/C=C(\C)CC/C=C(\C)CCC=C(C)C)CC1. The highest BCUT2D eigenvalue weighted by molar-refractivity contribution is 5.76. The molecule has 0 aromatic carbocycles. The van der Waals surface area contributed by atoms with Crippen molar-refractivity contribution in [2.24, 2.45) is 0 Å². The van der Waals surface area contributed by atoms with Crippen LogP contribution in [0.4, 0.5) is 0 Å². The highest BCUT2D eigenvalue weighted by Gasteiger charge is 2.19. The van der Waals surface area contributed by atoms with Gasteiger partial charge in [-0.25, -0.2) is 0 Å². The van der Waals surface area contributed by atoms with Gasteiger partial charge >= 0.3 is 0 Å². The quantitative estimate of drug-likeness (QED) is 0.252. The first kappa shape index (κ1) is 29.2. The lowest BCUT2D eigenvalue weighted by atomic mass is 10.0. The number of piperazine rings is 1. The van der Waals surface area contributed by atoms with Crippen LogP contribution in [-0.4, -0.2) is 48.4 Å². The summed E-state index contributed by atoms with van der Waals surface area (Å²) in [5, 5.41) is 0. The third kappa shape index (κ3) is 14.8. The second-order valence-corrected chi connectivity index (χ2v) is 9.84. The summed E-state index contributed by atoms with van der Waals surface area (Å²) in [6, 6.07) is 0. The number of carbonyl (C=O) groups excluding carboxylic acids is 1. The van der Waals surface area contributed by atoms with Crippen LogP contribution >= 0.6 is 0 Å². The maximum absolute atomic E-state index is 12.5. The number of hydrogen-bond donors (Lipinski definition) is 0. The van der Waals surface area contributed by atoms with Gasteiger partial charge in [-0.15, -0.1) is 0 Å². The summed E-state index contributed by atoms with van der Waals surface area (Å²) < 4.78 is 0. The minimum absolute atomic E-state index is 0.310. The Bertz CT molecular complexity index is 712. The van der Waals surface area contributed by atoms with E-state index in [9.17, 15) is 4.79 Å². The molecule has 33 heavy (non-hydrogen) atoms. The predicted octanol–water partition coefficient (Wildman–Crippen LogP) is 7.63. The fraction of sp³-hybridized carbons (Fsp3) is 0.633. The summed E-state index contributed by atoms with van der Waals surface area (Å²) in [7, 11) is 0. The average Bonchev–Trinajstić information content (AvgIpc) is 2.77. The molecule has 0 aromatic heterocycles. The lowest BCUT2D eigenvalue weighted by Gasteiger charge is -2.34. The smallest absolute Gasteiger partial charge is 0.222 e. The van der Waals surface area contributed by atoms with Crippen molar-refractivity contribution in [3.63, 3.8) is 0 Å². The Morgan fingerprint density at radius 1 is 0.667 bits per heavy atom. The first-order chi connectivity index (χ1) is 15.8. The molecular weight excluding hydrogens is 404 g/mol. The van der Waals surface area contributed by atoms with Crippen LogP contribution in [0.5, 0.6) is 0 Å². The molecule has 1 heterocycles. The molecule has 1 fully saturated rings. The van der Waals surface area contributed by atoms with Gasteiger partial charge in [-0.3, -0.25) is 9.69 Å². The van der Waals surface area contributed by atoms with Crippen molar-refractivity contribution in [2.75, 3.05) is 32.7 Å². The Morgan fingerprint density at radius 2 is 1.12 bits per heavy atom.